The van der Waals surface area contributed by atoms with Gasteiger partial charge in [0.2, 0.25) is 15.9 Å². The summed E-state index contributed by atoms with van der Waals surface area (Å²) < 4.78 is 28.7. The Hall–Kier alpha value is -2.13. The van der Waals surface area contributed by atoms with Crippen molar-refractivity contribution in [1.82, 2.24) is 14.9 Å². The fourth-order valence-electron chi connectivity index (χ4n) is 4.65. The highest BCUT2D eigenvalue weighted by Crippen LogP contribution is 2.32. The standard InChI is InChI=1S/C22H32N4O4S/c27-21(24-18-8-7-11-23-22(18)28)17-9-10-19(25-12-3-1-4-13-25)20(16-17)31(29,30)26-14-5-2-6-15-26/h9-10,16,18H,1-8,11-15H2,(H,23,28)(H,24,27). The highest BCUT2D eigenvalue weighted by Gasteiger charge is 2.32. The van der Waals surface area contributed by atoms with Gasteiger partial charge in [0.25, 0.3) is 5.91 Å². The topological polar surface area (TPSA) is 98.8 Å². The Labute approximate surface area is 184 Å². The summed E-state index contributed by atoms with van der Waals surface area (Å²) in [6.07, 6.45) is 7.35. The Morgan fingerprint density at radius 3 is 2.32 bits per heavy atom. The van der Waals surface area contributed by atoms with Gasteiger partial charge in [0.05, 0.1) is 5.69 Å². The lowest BCUT2D eigenvalue weighted by Crippen LogP contribution is -2.50. The average molecular weight is 449 g/mol. The van der Waals surface area contributed by atoms with Gasteiger partial charge in [0.15, 0.2) is 0 Å². The van der Waals surface area contributed by atoms with Crippen LogP contribution in [0.15, 0.2) is 23.1 Å². The van der Waals surface area contributed by atoms with E-state index >= 15 is 0 Å². The summed E-state index contributed by atoms with van der Waals surface area (Å²) >= 11 is 0. The Bertz CT molecular complexity index is 921. The molecular weight excluding hydrogens is 416 g/mol. The summed E-state index contributed by atoms with van der Waals surface area (Å²) in [5, 5.41) is 5.53. The van der Waals surface area contributed by atoms with E-state index in [9.17, 15) is 18.0 Å². The minimum atomic E-state index is -3.71. The van der Waals surface area contributed by atoms with Crippen molar-refractivity contribution < 1.29 is 18.0 Å². The van der Waals surface area contributed by atoms with Crippen LogP contribution >= 0.6 is 0 Å². The van der Waals surface area contributed by atoms with E-state index in [0.717, 1.165) is 58.0 Å². The molecule has 2 amide bonds. The van der Waals surface area contributed by atoms with E-state index in [1.807, 2.05) is 0 Å². The minimum absolute atomic E-state index is 0.189. The highest BCUT2D eigenvalue weighted by molar-refractivity contribution is 7.89. The minimum Gasteiger partial charge on any atom is -0.370 e. The smallest absolute Gasteiger partial charge is 0.251 e. The molecule has 2 N–H and O–H groups in total. The van der Waals surface area contributed by atoms with Crippen LogP contribution in [0.2, 0.25) is 0 Å². The molecule has 1 aromatic carbocycles. The van der Waals surface area contributed by atoms with Crippen molar-refractivity contribution in [3.63, 3.8) is 0 Å². The molecule has 0 radical (unpaired) electrons. The van der Waals surface area contributed by atoms with Crippen LogP contribution in [0.3, 0.4) is 0 Å². The third-order valence-corrected chi connectivity index (χ3v) is 8.37. The van der Waals surface area contributed by atoms with Crippen LogP contribution < -0.4 is 15.5 Å². The van der Waals surface area contributed by atoms with Gasteiger partial charge in [0.1, 0.15) is 10.9 Å². The van der Waals surface area contributed by atoms with Crippen LogP contribution in [-0.4, -0.2) is 63.3 Å². The Morgan fingerprint density at radius 1 is 0.968 bits per heavy atom. The number of nitrogens with one attached hydrogen (secondary N) is 2. The molecule has 1 unspecified atom stereocenters. The number of nitrogens with zero attached hydrogens (tertiary/aromatic N) is 2. The molecule has 3 saturated heterocycles. The third-order valence-electron chi connectivity index (χ3n) is 6.44. The first-order valence-corrected chi connectivity index (χ1v) is 12.9. The maximum absolute atomic E-state index is 13.6. The number of hydrogen-bond acceptors (Lipinski definition) is 5. The lowest BCUT2D eigenvalue weighted by atomic mass is 10.1. The second-order valence-electron chi connectivity index (χ2n) is 8.65. The quantitative estimate of drug-likeness (QED) is 0.716. The van der Waals surface area contributed by atoms with Crippen molar-refractivity contribution in [3.8, 4) is 0 Å². The summed E-state index contributed by atoms with van der Waals surface area (Å²) in [6.45, 7) is 3.28. The maximum Gasteiger partial charge on any atom is 0.251 e. The molecule has 0 spiro atoms. The summed E-state index contributed by atoms with van der Waals surface area (Å²) in [6, 6.07) is 4.36. The lowest BCUT2D eigenvalue weighted by molar-refractivity contribution is -0.124. The van der Waals surface area contributed by atoms with Crippen LogP contribution in [0.1, 0.15) is 61.7 Å². The van der Waals surface area contributed by atoms with E-state index in [1.165, 1.54) is 6.07 Å². The number of hydrogen-bond donors (Lipinski definition) is 2. The Kier molecular flexibility index (Phi) is 6.81. The number of rotatable bonds is 5. The monoisotopic (exact) mass is 448 g/mol. The van der Waals surface area contributed by atoms with Gasteiger partial charge in [-0.1, -0.05) is 6.42 Å². The fourth-order valence-corrected chi connectivity index (χ4v) is 6.41. The molecule has 170 valence electrons. The second kappa shape index (κ2) is 9.56. The zero-order valence-corrected chi connectivity index (χ0v) is 18.8. The van der Waals surface area contributed by atoms with Crippen molar-refractivity contribution in [2.45, 2.75) is 62.3 Å². The predicted octanol–water partition coefficient (Wildman–Crippen LogP) is 1.86. The molecule has 0 bridgehead atoms. The van der Waals surface area contributed by atoms with Gasteiger partial charge >= 0.3 is 0 Å². The number of anilines is 1. The molecule has 3 fully saturated rings. The van der Waals surface area contributed by atoms with Crippen LogP contribution in [0.5, 0.6) is 0 Å². The molecule has 3 aliphatic rings. The zero-order valence-electron chi connectivity index (χ0n) is 17.9. The van der Waals surface area contributed by atoms with Crippen LogP contribution in [0.25, 0.3) is 0 Å². The maximum atomic E-state index is 13.6. The molecular formula is C22H32N4O4S. The molecule has 1 atom stereocenters. The van der Waals surface area contributed by atoms with Crippen molar-refractivity contribution in [3.05, 3.63) is 23.8 Å². The van der Waals surface area contributed by atoms with Gasteiger partial charge < -0.3 is 15.5 Å². The largest absolute Gasteiger partial charge is 0.370 e. The number of carbonyl (C=O) groups is 2. The summed E-state index contributed by atoms with van der Waals surface area (Å²) in [5.74, 6) is -0.604. The van der Waals surface area contributed by atoms with E-state index in [1.54, 1.807) is 16.4 Å². The average Bonchev–Trinajstić information content (AvgIpc) is 2.81. The zero-order chi connectivity index (χ0) is 21.8. The van der Waals surface area contributed by atoms with Gasteiger partial charge in [-0.05, 0) is 63.1 Å². The third kappa shape index (κ3) is 4.87. The molecule has 0 aliphatic carbocycles. The Morgan fingerprint density at radius 2 is 1.65 bits per heavy atom. The van der Waals surface area contributed by atoms with Gasteiger partial charge in [-0.25, -0.2) is 8.42 Å². The van der Waals surface area contributed by atoms with E-state index in [-0.39, 0.29) is 16.4 Å². The number of carbonyl (C=O) groups excluding carboxylic acids is 2. The van der Waals surface area contributed by atoms with Crippen molar-refractivity contribution in [1.29, 1.82) is 0 Å². The van der Waals surface area contributed by atoms with Crippen LogP contribution in [0.4, 0.5) is 5.69 Å². The van der Waals surface area contributed by atoms with E-state index < -0.39 is 22.0 Å². The number of amides is 2. The van der Waals surface area contributed by atoms with Crippen molar-refractivity contribution in [2.75, 3.05) is 37.6 Å². The Balaban J connectivity index is 1.65. The van der Waals surface area contributed by atoms with Crippen molar-refractivity contribution in [2.24, 2.45) is 0 Å². The van der Waals surface area contributed by atoms with E-state index in [2.05, 4.69) is 15.5 Å². The molecule has 4 rings (SSSR count). The molecule has 9 heteroatoms. The number of sulfonamides is 1. The first-order chi connectivity index (χ1) is 15.0. The second-order valence-corrected chi connectivity index (χ2v) is 10.6. The molecule has 3 aliphatic heterocycles. The lowest BCUT2D eigenvalue weighted by Gasteiger charge is -2.33. The molecule has 0 saturated carbocycles. The van der Waals surface area contributed by atoms with Gasteiger partial charge in [-0.3, -0.25) is 9.59 Å². The molecule has 8 nitrogen and oxygen atoms in total. The van der Waals surface area contributed by atoms with E-state index in [4.69, 9.17) is 0 Å². The first kappa shape index (κ1) is 22.1. The molecule has 1 aromatic rings. The van der Waals surface area contributed by atoms with Gasteiger partial charge in [-0.2, -0.15) is 4.31 Å². The summed E-state index contributed by atoms with van der Waals surface area (Å²) in [7, 11) is -3.71. The number of benzene rings is 1. The summed E-state index contributed by atoms with van der Waals surface area (Å²) in [4.78, 5) is 27.2. The molecule has 3 heterocycles. The SMILES string of the molecule is O=C(NC1CCCNC1=O)c1ccc(N2CCCCC2)c(S(=O)(=O)N2CCCCC2)c1. The van der Waals surface area contributed by atoms with Crippen LogP contribution in [0, 0.1) is 0 Å². The predicted molar refractivity (Wildman–Crippen MR) is 119 cm³/mol. The van der Waals surface area contributed by atoms with Gasteiger partial charge in [-0.15, -0.1) is 0 Å². The van der Waals surface area contributed by atoms with Crippen molar-refractivity contribution >= 4 is 27.5 Å². The normalized spacial score (nSPS) is 23.3. The highest BCUT2D eigenvalue weighted by atomic mass is 32.2. The van der Waals surface area contributed by atoms with E-state index in [0.29, 0.717) is 31.7 Å². The molecule has 0 aromatic heterocycles. The number of piperidine rings is 3. The van der Waals surface area contributed by atoms with Crippen LogP contribution in [-0.2, 0) is 14.8 Å². The summed E-state index contributed by atoms with van der Waals surface area (Å²) in [5.41, 5.74) is 0.951. The van der Waals surface area contributed by atoms with Gasteiger partial charge in [0, 0.05) is 38.3 Å². The fraction of sp³-hybridized carbons (Fsp3) is 0.636. The first-order valence-electron chi connectivity index (χ1n) is 11.4. The molecule has 31 heavy (non-hydrogen) atoms.